The molecule has 0 radical (unpaired) electrons. The van der Waals surface area contributed by atoms with Gasteiger partial charge < -0.3 is 15.4 Å². The third-order valence-corrected chi connectivity index (χ3v) is 4.06. The molecule has 1 aromatic carbocycles. The standard InChI is InChI=1S/C16H26N2O/c1-3-15(17)14-6-4-5-7-16(14)18(2)12-13-8-10-19-11-9-13/h4-7,13,15H,3,8-12,17H2,1-2H3/t15-/m1/s1. The maximum atomic E-state index is 6.22. The molecule has 0 amide bonds. The number of ether oxygens (including phenoxy) is 1. The summed E-state index contributed by atoms with van der Waals surface area (Å²) in [5, 5.41) is 0. The molecule has 3 nitrogen and oxygen atoms in total. The van der Waals surface area contributed by atoms with Gasteiger partial charge >= 0.3 is 0 Å². The van der Waals surface area contributed by atoms with Crippen LogP contribution in [0.4, 0.5) is 5.69 Å². The van der Waals surface area contributed by atoms with E-state index in [2.05, 4.69) is 43.1 Å². The van der Waals surface area contributed by atoms with Crippen molar-refractivity contribution in [1.82, 2.24) is 0 Å². The summed E-state index contributed by atoms with van der Waals surface area (Å²) in [5.74, 6) is 0.740. The molecule has 106 valence electrons. The molecule has 1 heterocycles. The van der Waals surface area contributed by atoms with Gasteiger partial charge in [-0.3, -0.25) is 0 Å². The Morgan fingerprint density at radius 2 is 2.00 bits per heavy atom. The van der Waals surface area contributed by atoms with Crippen molar-refractivity contribution in [1.29, 1.82) is 0 Å². The van der Waals surface area contributed by atoms with Gasteiger partial charge in [0.1, 0.15) is 0 Å². The second kappa shape index (κ2) is 6.92. The Morgan fingerprint density at radius 3 is 2.68 bits per heavy atom. The van der Waals surface area contributed by atoms with Gasteiger partial charge in [0.15, 0.2) is 0 Å². The van der Waals surface area contributed by atoms with Crippen molar-refractivity contribution >= 4 is 5.69 Å². The van der Waals surface area contributed by atoms with Gasteiger partial charge in [-0.1, -0.05) is 25.1 Å². The first-order valence-corrected chi connectivity index (χ1v) is 7.35. The van der Waals surface area contributed by atoms with E-state index in [1.165, 1.54) is 24.1 Å². The Labute approximate surface area is 116 Å². The van der Waals surface area contributed by atoms with Crippen LogP contribution in [-0.4, -0.2) is 26.8 Å². The summed E-state index contributed by atoms with van der Waals surface area (Å²) in [4.78, 5) is 2.36. The molecule has 1 saturated heterocycles. The largest absolute Gasteiger partial charge is 0.381 e. The summed E-state index contributed by atoms with van der Waals surface area (Å²) in [7, 11) is 2.18. The van der Waals surface area contributed by atoms with Crippen LogP contribution in [-0.2, 0) is 4.74 Å². The first-order chi connectivity index (χ1) is 9.22. The highest BCUT2D eigenvalue weighted by Crippen LogP contribution is 2.27. The van der Waals surface area contributed by atoms with Crippen molar-refractivity contribution < 1.29 is 4.74 Å². The molecule has 1 aromatic rings. The number of benzene rings is 1. The van der Waals surface area contributed by atoms with E-state index in [9.17, 15) is 0 Å². The molecule has 1 aliphatic rings. The molecule has 2 N–H and O–H groups in total. The zero-order chi connectivity index (χ0) is 13.7. The van der Waals surface area contributed by atoms with Gasteiger partial charge in [0.05, 0.1) is 0 Å². The van der Waals surface area contributed by atoms with E-state index >= 15 is 0 Å². The van der Waals surface area contributed by atoms with Crippen LogP contribution in [0, 0.1) is 5.92 Å². The SMILES string of the molecule is CC[C@@H](N)c1ccccc1N(C)CC1CCOCC1. The number of nitrogens with two attached hydrogens (primary N) is 1. The second-order valence-corrected chi connectivity index (χ2v) is 5.51. The number of para-hydroxylation sites is 1. The predicted molar refractivity (Wildman–Crippen MR) is 80.5 cm³/mol. The average Bonchev–Trinajstić information content (AvgIpc) is 2.47. The van der Waals surface area contributed by atoms with Crippen molar-refractivity contribution in [3.05, 3.63) is 29.8 Å². The van der Waals surface area contributed by atoms with Gasteiger partial charge in [-0.15, -0.1) is 0 Å². The summed E-state index contributed by atoms with van der Waals surface area (Å²) in [6.45, 7) is 5.06. The summed E-state index contributed by atoms with van der Waals surface area (Å²) in [5.41, 5.74) is 8.76. The molecule has 1 atom stereocenters. The Morgan fingerprint density at radius 1 is 1.32 bits per heavy atom. The molecule has 0 bridgehead atoms. The fourth-order valence-corrected chi connectivity index (χ4v) is 2.78. The van der Waals surface area contributed by atoms with Crippen LogP contribution in [0.2, 0.25) is 0 Å². The molecular formula is C16H26N2O. The van der Waals surface area contributed by atoms with Gasteiger partial charge in [0.25, 0.3) is 0 Å². The lowest BCUT2D eigenvalue weighted by Gasteiger charge is -2.30. The van der Waals surface area contributed by atoms with Crippen LogP contribution in [0.1, 0.15) is 37.8 Å². The lowest BCUT2D eigenvalue weighted by atomic mass is 9.98. The van der Waals surface area contributed by atoms with E-state index < -0.39 is 0 Å². The molecular weight excluding hydrogens is 236 g/mol. The van der Waals surface area contributed by atoms with E-state index in [1.807, 2.05) is 0 Å². The number of nitrogens with zero attached hydrogens (tertiary/aromatic N) is 1. The number of anilines is 1. The highest BCUT2D eigenvalue weighted by Gasteiger charge is 2.18. The Balaban J connectivity index is 2.07. The Bertz CT molecular complexity index is 388. The van der Waals surface area contributed by atoms with Gasteiger partial charge in [-0.2, -0.15) is 0 Å². The normalized spacial score (nSPS) is 18.3. The number of hydrogen-bond donors (Lipinski definition) is 1. The third-order valence-electron chi connectivity index (χ3n) is 4.06. The number of rotatable bonds is 5. The minimum Gasteiger partial charge on any atom is -0.381 e. The summed E-state index contributed by atoms with van der Waals surface area (Å²) in [6.07, 6.45) is 3.32. The fourth-order valence-electron chi connectivity index (χ4n) is 2.78. The molecule has 0 aromatic heterocycles. The third kappa shape index (κ3) is 3.71. The lowest BCUT2D eigenvalue weighted by molar-refractivity contribution is 0.0685. The maximum Gasteiger partial charge on any atom is 0.0469 e. The molecule has 1 aliphatic heterocycles. The molecule has 0 unspecified atom stereocenters. The molecule has 0 spiro atoms. The smallest absolute Gasteiger partial charge is 0.0469 e. The van der Waals surface area contributed by atoms with E-state index in [4.69, 9.17) is 10.5 Å². The zero-order valence-corrected chi connectivity index (χ0v) is 12.1. The summed E-state index contributed by atoms with van der Waals surface area (Å²) in [6, 6.07) is 8.65. The van der Waals surface area contributed by atoms with Crippen molar-refractivity contribution in [2.75, 3.05) is 31.7 Å². The fraction of sp³-hybridized carbons (Fsp3) is 0.625. The minimum atomic E-state index is 0.133. The minimum absolute atomic E-state index is 0.133. The average molecular weight is 262 g/mol. The van der Waals surface area contributed by atoms with Crippen molar-refractivity contribution in [2.45, 2.75) is 32.2 Å². The monoisotopic (exact) mass is 262 g/mol. The van der Waals surface area contributed by atoms with Gasteiger partial charge in [-0.25, -0.2) is 0 Å². The van der Waals surface area contributed by atoms with Crippen LogP contribution >= 0.6 is 0 Å². The molecule has 19 heavy (non-hydrogen) atoms. The Kier molecular flexibility index (Phi) is 5.23. The molecule has 1 fully saturated rings. The zero-order valence-electron chi connectivity index (χ0n) is 12.1. The summed E-state index contributed by atoms with van der Waals surface area (Å²) < 4.78 is 5.43. The maximum absolute atomic E-state index is 6.22. The summed E-state index contributed by atoms with van der Waals surface area (Å²) >= 11 is 0. The van der Waals surface area contributed by atoms with Crippen molar-refractivity contribution in [3.63, 3.8) is 0 Å². The van der Waals surface area contributed by atoms with Crippen LogP contribution in [0.3, 0.4) is 0 Å². The molecule has 2 rings (SSSR count). The Hall–Kier alpha value is -1.06. The number of hydrogen-bond acceptors (Lipinski definition) is 3. The second-order valence-electron chi connectivity index (χ2n) is 5.51. The predicted octanol–water partition coefficient (Wildman–Crippen LogP) is 2.96. The topological polar surface area (TPSA) is 38.5 Å². The van der Waals surface area contributed by atoms with Crippen LogP contribution in [0.15, 0.2) is 24.3 Å². The highest BCUT2D eigenvalue weighted by atomic mass is 16.5. The van der Waals surface area contributed by atoms with E-state index in [0.717, 1.165) is 32.1 Å². The quantitative estimate of drug-likeness (QED) is 0.886. The van der Waals surface area contributed by atoms with Crippen molar-refractivity contribution in [2.24, 2.45) is 11.7 Å². The van der Waals surface area contributed by atoms with Crippen LogP contribution in [0.25, 0.3) is 0 Å². The van der Waals surface area contributed by atoms with Gasteiger partial charge in [0.2, 0.25) is 0 Å². The highest BCUT2D eigenvalue weighted by molar-refractivity contribution is 5.54. The first kappa shape index (κ1) is 14.4. The molecule has 3 heteroatoms. The molecule has 0 saturated carbocycles. The lowest BCUT2D eigenvalue weighted by Crippen LogP contribution is -2.30. The van der Waals surface area contributed by atoms with Gasteiger partial charge in [0, 0.05) is 38.5 Å². The van der Waals surface area contributed by atoms with Crippen LogP contribution < -0.4 is 10.6 Å². The van der Waals surface area contributed by atoms with Crippen molar-refractivity contribution in [3.8, 4) is 0 Å². The van der Waals surface area contributed by atoms with E-state index in [0.29, 0.717) is 0 Å². The van der Waals surface area contributed by atoms with E-state index in [-0.39, 0.29) is 6.04 Å². The molecule has 0 aliphatic carbocycles. The van der Waals surface area contributed by atoms with E-state index in [1.54, 1.807) is 0 Å². The van der Waals surface area contributed by atoms with Crippen LogP contribution in [0.5, 0.6) is 0 Å². The first-order valence-electron chi connectivity index (χ1n) is 7.35. The van der Waals surface area contributed by atoms with Gasteiger partial charge in [-0.05, 0) is 36.8 Å².